The molecule has 0 bridgehead atoms. The molecular weight excluding hydrogens is 302 g/mol. The predicted octanol–water partition coefficient (Wildman–Crippen LogP) is 4.82. The van der Waals surface area contributed by atoms with Crippen molar-refractivity contribution in [2.75, 3.05) is 12.4 Å². The Morgan fingerprint density at radius 2 is 1.75 bits per heavy atom. The summed E-state index contributed by atoms with van der Waals surface area (Å²) in [7, 11) is 1.57. The number of nitrogens with one attached hydrogen (secondary N) is 1. The zero-order valence-electron chi connectivity index (χ0n) is 13.9. The monoisotopic (exact) mass is 321 g/mol. The molecule has 0 aliphatic rings. The molecule has 1 heterocycles. The van der Waals surface area contributed by atoms with E-state index in [4.69, 9.17) is 9.15 Å². The number of anilines is 1. The highest BCUT2D eigenvalue weighted by Crippen LogP contribution is 2.28. The van der Waals surface area contributed by atoms with Crippen molar-refractivity contribution in [2.24, 2.45) is 0 Å². The number of methoxy groups -OCH3 is 1. The first kappa shape index (κ1) is 15.9. The maximum Gasteiger partial charge on any atom is 0.259 e. The number of rotatable bonds is 4. The van der Waals surface area contributed by atoms with Crippen molar-refractivity contribution in [3.63, 3.8) is 0 Å². The van der Waals surface area contributed by atoms with E-state index >= 15 is 0 Å². The number of para-hydroxylation sites is 2. The molecule has 0 saturated carbocycles. The molecular formula is C20H19NO3. The molecule has 0 unspecified atom stereocenters. The SMILES string of the molecule is COc1ccccc1NC(=O)c1cc(-c2ccc(C)cc2)oc1C. The standard InChI is InChI=1S/C20H19NO3/c1-13-8-10-15(11-9-13)19-12-16(14(2)24-19)20(22)21-17-6-4-5-7-18(17)23-3/h4-12H,1-3H3,(H,21,22). The third-order valence-corrected chi connectivity index (χ3v) is 3.85. The van der Waals surface area contributed by atoms with E-state index in [0.717, 1.165) is 5.56 Å². The first-order valence-corrected chi connectivity index (χ1v) is 7.70. The number of aryl methyl sites for hydroxylation is 2. The highest BCUT2D eigenvalue weighted by Gasteiger charge is 2.17. The Balaban J connectivity index is 1.87. The number of hydrogen-bond donors (Lipinski definition) is 1. The van der Waals surface area contributed by atoms with Gasteiger partial charge in [0.05, 0.1) is 18.4 Å². The van der Waals surface area contributed by atoms with E-state index in [9.17, 15) is 4.79 Å². The summed E-state index contributed by atoms with van der Waals surface area (Å²) in [5.74, 6) is 1.65. The topological polar surface area (TPSA) is 51.5 Å². The van der Waals surface area contributed by atoms with Gasteiger partial charge >= 0.3 is 0 Å². The van der Waals surface area contributed by atoms with Crippen LogP contribution in [0.15, 0.2) is 59.0 Å². The Morgan fingerprint density at radius 1 is 1.04 bits per heavy atom. The lowest BCUT2D eigenvalue weighted by atomic mass is 10.1. The second-order valence-electron chi connectivity index (χ2n) is 5.60. The second-order valence-corrected chi connectivity index (χ2v) is 5.60. The summed E-state index contributed by atoms with van der Waals surface area (Å²) in [6.07, 6.45) is 0. The third-order valence-electron chi connectivity index (χ3n) is 3.85. The number of benzene rings is 2. The maximum absolute atomic E-state index is 12.6. The summed E-state index contributed by atoms with van der Waals surface area (Å²) in [5, 5.41) is 2.87. The minimum Gasteiger partial charge on any atom is -0.495 e. The van der Waals surface area contributed by atoms with Crippen molar-refractivity contribution in [2.45, 2.75) is 13.8 Å². The van der Waals surface area contributed by atoms with Crippen LogP contribution >= 0.6 is 0 Å². The first-order chi connectivity index (χ1) is 11.6. The molecule has 0 aliphatic carbocycles. The van der Waals surface area contributed by atoms with Gasteiger partial charge in [0, 0.05) is 5.56 Å². The molecule has 0 radical (unpaired) electrons. The van der Waals surface area contributed by atoms with Gasteiger partial charge in [0.25, 0.3) is 5.91 Å². The van der Waals surface area contributed by atoms with Gasteiger partial charge < -0.3 is 14.5 Å². The molecule has 1 aromatic heterocycles. The number of amides is 1. The Labute approximate surface area is 141 Å². The number of hydrogen-bond acceptors (Lipinski definition) is 3. The normalized spacial score (nSPS) is 10.5. The Kier molecular flexibility index (Phi) is 4.38. The summed E-state index contributed by atoms with van der Waals surface area (Å²) in [4.78, 5) is 12.6. The summed E-state index contributed by atoms with van der Waals surface area (Å²) < 4.78 is 11.0. The van der Waals surface area contributed by atoms with Gasteiger partial charge in [0.2, 0.25) is 0 Å². The van der Waals surface area contributed by atoms with Gasteiger partial charge in [-0.15, -0.1) is 0 Å². The van der Waals surface area contributed by atoms with Crippen LogP contribution in [-0.2, 0) is 0 Å². The van der Waals surface area contributed by atoms with Crippen LogP contribution in [0.5, 0.6) is 5.75 Å². The van der Waals surface area contributed by atoms with Crippen molar-refractivity contribution in [3.8, 4) is 17.1 Å². The molecule has 24 heavy (non-hydrogen) atoms. The molecule has 3 aromatic rings. The number of ether oxygens (including phenoxy) is 1. The zero-order chi connectivity index (χ0) is 17.1. The molecule has 4 heteroatoms. The Hall–Kier alpha value is -3.01. The third kappa shape index (κ3) is 3.18. The van der Waals surface area contributed by atoms with Crippen LogP contribution in [0.3, 0.4) is 0 Å². The zero-order valence-corrected chi connectivity index (χ0v) is 13.9. The molecule has 2 aromatic carbocycles. The van der Waals surface area contributed by atoms with E-state index in [2.05, 4.69) is 5.32 Å². The summed E-state index contributed by atoms with van der Waals surface area (Å²) in [6, 6.07) is 17.1. The molecule has 0 saturated heterocycles. The first-order valence-electron chi connectivity index (χ1n) is 7.70. The lowest BCUT2D eigenvalue weighted by Crippen LogP contribution is -2.12. The number of furan rings is 1. The fourth-order valence-corrected chi connectivity index (χ4v) is 2.51. The van der Waals surface area contributed by atoms with Crippen LogP contribution in [0.25, 0.3) is 11.3 Å². The lowest BCUT2D eigenvalue weighted by molar-refractivity contribution is 0.102. The fraction of sp³-hybridized carbons (Fsp3) is 0.150. The van der Waals surface area contributed by atoms with Crippen molar-refractivity contribution >= 4 is 11.6 Å². The fourth-order valence-electron chi connectivity index (χ4n) is 2.51. The quantitative estimate of drug-likeness (QED) is 0.749. The largest absolute Gasteiger partial charge is 0.495 e. The average Bonchev–Trinajstić information content (AvgIpc) is 2.98. The van der Waals surface area contributed by atoms with Crippen LogP contribution in [0, 0.1) is 13.8 Å². The molecule has 0 fully saturated rings. The van der Waals surface area contributed by atoms with Crippen LogP contribution in [0.1, 0.15) is 21.7 Å². The Bertz CT molecular complexity index is 863. The lowest BCUT2D eigenvalue weighted by Gasteiger charge is -2.09. The highest BCUT2D eigenvalue weighted by atomic mass is 16.5. The van der Waals surface area contributed by atoms with E-state index in [1.165, 1.54) is 5.56 Å². The molecule has 1 N–H and O–H groups in total. The minimum atomic E-state index is -0.223. The van der Waals surface area contributed by atoms with Gasteiger partial charge in [-0.05, 0) is 32.0 Å². The minimum absolute atomic E-state index is 0.223. The van der Waals surface area contributed by atoms with Gasteiger partial charge in [-0.25, -0.2) is 0 Å². The highest BCUT2D eigenvalue weighted by molar-refractivity contribution is 6.06. The smallest absolute Gasteiger partial charge is 0.259 e. The molecule has 0 spiro atoms. The van der Waals surface area contributed by atoms with Crippen molar-refractivity contribution in [3.05, 3.63) is 71.5 Å². The van der Waals surface area contributed by atoms with Crippen molar-refractivity contribution in [1.82, 2.24) is 0 Å². The van der Waals surface area contributed by atoms with Gasteiger partial charge in [-0.2, -0.15) is 0 Å². The van der Waals surface area contributed by atoms with Gasteiger partial charge in [0.1, 0.15) is 17.3 Å². The number of carbonyl (C=O) groups is 1. The Morgan fingerprint density at radius 3 is 2.46 bits per heavy atom. The summed E-state index contributed by atoms with van der Waals surface area (Å²) in [5.41, 5.74) is 3.26. The molecule has 4 nitrogen and oxygen atoms in total. The molecule has 122 valence electrons. The van der Waals surface area contributed by atoms with E-state index in [0.29, 0.717) is 28.5 Å². The average molecular weight is 321 g/mol. The van der Waals surface area contributed by atoms with Crippen molar-refractivity contribution in [1.29, 1.82) is 0 Å². The summed E-state index contributed by atoms with van der Waals surface area (Å²) in [6.45, 7) is 3.82. The van der Waals surface area contributed by atoms with Gasteiger partial charge in [-0.1, -0.05) is 42.0 Å². The summed E-state index contributed by atoms with van der Waals surface area (Å²) >= 11 is 0. The van der Waals surface area contributed by atoms with E-state index in [1.807, 2.05) is 43.3 Å². The maximum atomic E-state index is 12.6. The van der Waals surface area contributed by atoms with Crippen LogP contribution in [0.2, 0.25) is 0 Å². The van der Waals surface area contributed by atoms with E-state index in [-0.39, 0.29) is 5.91 Å². The molecule has 3 rings (SSSR count). The van der Waals surface area contributed by atoms with Gasteiger partial charge in [-0.3, -0.25) is 4.79 Å². The van der Waals surface area contributed by atoms with Crippen LogP contribution < -0.4 is 10.1 Å². The van der Waals surface area contributed by atoms with Crippen LogP contribution in [-0.4, -0.2) is 13.0 Å². The predicted molar refractivity (Wildman–Crippen MR) is 94.6 cm³/mol. The molecule has 1 amide bonds. The van der Waals surface area contributed by atoms with Crippen LogP contribution in [0.4, 0.5) is 5.69 Å². The van der Waals surface area contributed by atoms with E-state index in [1.54, 1.807) is 32.2 Å². The van der Waals surface area contributed by atoms with Crippen molar-refractivity contribution < 1.29 is 13.9 Å². The molecule has 0 atom stereocenters. The molecule has 0 aliphatic heterocycles. The van der Waals surface area contributed by atoms with E-state index < -0.39 is 0 Å². The van der Waals surface area contributed by atoms with Gasteiger partial charge in [0.15, 0.2) is 0 Å². The number of carbonyl (C=O) groups excluding carboxylic acids is 1. The second kappa shape index (κ2) is 6.62.